The van der Waals surface area contributed by atoms with E-state index in [4.69, 9.17) is 22.3 Å². The summed E-state index contributed by atoms with van der Waals surface area (Å²) in [5.41, 5.74) is 0.249. The van der Waals surface area contributed by atoms with Crippen LogP contribution in [0.2, 0.25) is 5.02 Å². The summed E-state index contributed by atoms with van der Waals surface area (Å²) in [5, 5.41) is 0.467. The Balaban J connectivity index is 2.80. The summed E-state index contributed by atoms with van der Waals surface area (Å²) in [5.74, 6) is -0.726. The van der Waals surface area contributed by atoms with Crippen LogP contribution in [0.25, 0.3) is 0 Å². The summed E-state index contributed by atoms with van der Waals surface area (Å²) >= 11 is 5.58. The topological polar surface area (TPSA) is 34.1 Å². The summed E-state index contributed by atoms with van der Waals surface area (Å²) in [6, 6.07) is 5.83. The summed E-state index contributed by atoms with van der Waals surface area (Å²) in [6.45, 7) is 0. The van der Waals surface area contributed by atoms with Gasteiger partial charge >= 0.3 is 0 Å². The van der Waals surface area contributed by atoms with Crippen molar-refractivity contribution in [3.63, 3.8) is 0 Å². The Morgan fingerprint density at radius 1 is 1.29 bits per heavy atom. The molecule has 0 bridgehead atoms. The highest BCUT2D eigenvalue weighted by molar-refractivity contribution is 8.13. The standard InChI is InChI=1S/C8H7Cl2FO2S/c9-7-3-1-6(2-4-7)8(11)5-14(10,12)13/h1-4,8H,5H2. The van der Waals surface area contributed by atoms with Crippen molar-refractivity contribution < 1.29 is 12.8 Å². The first kappa shape index (κ1) is 11.8. The molecule has 1 rings (SSSR count). The van der Waals surface area contributed by atoms with E-state index in [9.17, 15) is 12.8 Å². The molecule has 0 saturated heterocycles. The molecule has 2 nitrogen and oxygen atoms in total. The van der Waals surface area contributed by atoms with Gasteiger partial charge in [0.05, 0.1) is 0 Å². The molecule has 6 heteroatoms. The third-order valence-corrected chi connectivity index (χ3v) is 2.90. The number of hydrogen-bond acceptors (Lipinski definition) is 2. The molecule has 1 aromatic carbocycles. The first-order chi connectivity index (χ1) is 6.38. The number of rotatable bonds is 3. The average Bonchev–Trinajstić information content (AvgIpc) is 2.02. The van der Waals surface area contributed by atoms with E-state index in [1.807, 2.05) is 0 Å². The van der Waals surface area contributed by atoms with E-state index in [2.05, 4.69) is 0 Å². The van der Waals surface area contributed by atoms with Crippen LogP contribution in [0, 0.1) is 0 Å². The maximum Gasteiger partial charge on any atom is 0.235 e. The molecule has 0 aliphatic carbocycles. The number of alkyl halides is 1. The smallest absolute Gasteiger partial charge is 0.235 e. The zero-order chi connectivity index (χ0) is 10.8. The molecular weight excluding hydrogens is 250 g/mol. The Hall–Kier alpha value is -0.320. The normalized spacial score (nSPS) is 13.9. The predicted octanol–water partition coefficient (Wildman–Crippen LogP) is 2.92. The van der Waals surface area contributed by atoms with Gasteiger partial charge in [-0.15, -0.1) is 0 Å². The minimum atomic E-state index is -3.82. The molecule has 0 N–H and O–H groups in total. The van der Waals surface area contributed by atoms with Gasteiger partial charge < -0.3 is 0 Å². The van der Waals surface area contributed by atoms with Gasteiger partial charge in [0.15, 0.2) is 0 Å². The second-order valence-electron chi connectivity index (χ2n) is 2.72. The lowest BCUT2D eigenvalue weighted by atomic mass is 10.1. The molecule has 0 spiro atoms. The predicted molar refractivity (Wildman–Crippen MR) is 54.9 cm³/mol. The highest BCUT2D eigenvalue weighted by atomic mass is 35.7. The second-order valence-corrected chi connectivity index (χ2v) is 5.98. The fourth-order valence-corrected chi connectivity index (χ4v) is 1.94. The van der Waals surface area contributed by atoms with E-state index in [0.29, 0.717) is 5.02 Å². The van der Waals surface area contributed by atoms with Crippen molar-refractivity contribution in [3.05, 3.63) is 34.9 Å². The quantitative estimate of drug-likeness (QED) is 0.780. The number of benzene rings is 1. The molecule has 0 amide bonds. The van der Waals surface area contributed by atoms with Gasteiger partial charge in [0.25, 0.3) is 0 Å². The second kappa shape index (κ2) is 4.47. The Labute approximate surface area is 91.1 Å². The highest BCUT2D eigenvalue weighted by Crippen LogP contribution is 2.22. The molecule has 1 unspecified atom stereocenters. The van der Waals surface area contributed by atoms with Crippen molar-refractivity contribution in [2.24, 2.45) is 0 Å². The van der Waals surface area contributed by atoms with Crippen molar-refractivity contribution in [1.82, 2.24) is 0 Å². The summed E-state index contributed by atoms with van der Waals surface area (Å²) in [4.78, 5) is 0. The Morgan fingerprint density at radius 3 is 2.21 bits per heavy atom. The summed E-state index contributed by atoms with van der Waals surface area (Å²) < 4.78 is 34.4. The molecule has 0 aliphatic heterocycles. The minimum Gasteiger partial charge on any atom is -0.241 e. The number of hydrogen-bond donors (Lipinski definition) is 0. The van der Waals surface area contributed by atoms with Gasteiger partial charge in [-0.25, -0.2) is 12.8 Å². The zero-order valence-corrected chi connectivity index (χ0v) is 9.28. The van der Waals surface area contributed by atoms with E-state index in [-0.39, 0.29) is 5.56 Å². The highest BCUT2D eigenvalue weighted by Gasteiger charge is 2.17. The van der Waals surface area contributed by atoms with Gasteiger partial charge in [-0.05, 0) is 17.7 Å². The van der Waals surface area contributed by atoms with Crippen LogP contribution < -0.4 is 0 Å². The van der Waals surface area contributed by atoms with Gasteiger partial charge in [0.2, 0.25) is 9.05 Å². The first-order valence-electron chi connectivity index (χ1n) is 3.70. The lowest BCUT2D eigenvalue weighted by molar-refractivity contribution is 0.375. The van der Waals surface area contributed by atoms with Gasteiger partial charge in [0, 0.05) is 15.7 Å². The van der Waals surface area contributed by atoms with E-state index in [1.54, 1.807) is 0 Å². The molecule has 14 heavy (non-hydrogen) atoms. The van der Waals surface area contributed by atoms with Crippen LogP contribution in [-0.4, -0.2) is 14.2 Å². The van der Waals surface area contributed by atoms with Crippen LogP contribution in [0.3, 0.4) is 0 Å². The van der Waals surface area contributed by atoms with Crippen LogP contribution in [0.5, 0.6) is 0 Å². The van der Waals surface area contributed by atoms with E-state index in [0.717, 1.165) is 0 Å². The summed E-state index contributed by atoms with van der Waals surface area (Å²) in [7, 11) is 1.10. The van der Waals surface area contributed by atoms with Crippen molar-refractivity contribution in [3.8, 4) is 0 Å². The molecule has 0 saturated carbocycles. The van der Waals surface area contributed by atoms with Crippen molar-refractivity contribution in [2.45, 2.75) is 6.17 Å². The molecule has 1 atom stereocenters. The van der Waals surface area contributed by atoms with Gasteiger partial charge in [-0.2, -0.15) is 0 Å². The van der Waals surface area contributed by atoms with Gasteiger partial charge in [-0.1, -0.05) is 23.7 Å². The van der Waals surface area contributed by atoms with Crippen LogP contribution in [0.1, 0.15) is 11.7 Å². The maximum atomic E-state index is 13.3. The molecule has 0 radical (unpaired) electrons. The van der Waals surface area contributed by atoms with Gasteiger partial charge in [-0.3, -0.25) is 0 Å². The molecule has 0 fully saturated rings. The summed E-state index contributed by atoms with van der Waals surface area (Å²) in [6.07, 6.45) is -1.62. The van der Waals surface area contributed by atoms with Crippen LogP contribution >= 0.6 is 22.3 Å². The third-order valence-electron chi connectivity index (χ3n) is 1.58. The first-order valence-corrected chi connectivity index (χ1v) is 6.56. The lowest BCUT2D eigenvalue weighted by Gasteiger charge is -2.05. The van der Waals surface area contributed by atoms with Crippen molar-refractivity contribution in [2.75, 3.05) is 5.75 Å². The molecule has 0 aromatic heterocycles. The van der Waals surface area contributed by atoms with Crippen LogP contribution in [0.15, 0.2) is 24.3 Å². The maximum absolute atomic E-state index is 13.3. The van der Waals surface area contributed by atoms with Crippen molar-refractivity contribution in [1.29, 1.82) is 0 Å². The van der Waals surface area contributed by atoms with Gasteiger partial charge in [0.1, 0.15) is 11.9 Å². The Kier molecular flexibility index (Phi) is 3.75. The minimum absolute atomic E-state index is 0.249. The van der Waals surface area contributed by atoms with E-state index in [1.165, 1.54) is 24.3 Å². The molecule has 0 aliphatic rings. The van der Waals surface area contributed by atoms with E-state index < -0.39 is 21.0 Å². The fourth-order valence-electron chi connectivity index (χ4n) is 0.943. The fraction of sp³-hybridized carbons (Fsp3) is 0.250. The van der Waals surface area contributed by atoms with Crippen LogP contribution in [0.4, 0.5) is 4.39 Å². The monoisotopic (exact) mass is 256 g/mol. The third kappa shape index (κ3) is 3.82. The lowest BCUT2D eigenvalue weighted by Crippen LogP contribution is -2.05. The molecule has 78 valence electrons. The Morgan fingerprint density at radius 2 is 1.79 bits per heavy atom. The molecule has 0 heterocycles. The number of halogens is 3. The largest absolute Gasteiger partial charge is 0.241 e. The SMILES string of the molecule is O=S(=O)(Cl)CC(F)c1ccc(Cl)cc1. The molecular formula is C8H7Cl2FO2S. The molecule has 1 aromatic rings. The van der Waals surface area contributed by atoms with Crippen LogP contribution in [-0.2, 0) is 9.05 Å². The zero-order valence-electron chi connectivity index (χ0n) is 6.95. The Bertz CT molecular complexity index is 402. The van der Waals surface area contributed by atoms with E-state index >= 15 is 0 Å². The average molecular weight is 257 g/mol. The van der Waals surface area contributed by atoms with Crippen molar-refractivity contribution >= 4 is 31.3 Å².